The summed E-state index contributed by atoms with van der Waals surface area (Å²) in [6, 6.07) is 9.98. The highest BCUT2D eigenvalue weighted by molar-refractivity contribution is 14.1. The van der Waals surface area contributed by atoms with Gasteiger partial charge in [0.2, 0.25) is 0 Å². The Labute approximate surface area is 130 Å². The van der Waals surface area contributed by atoms with Gasteiger partial charge < -0.3 is 0 Å². The summed E-state index contributed by atoms with van der Waals surface area (Å²) < 4.78 is 2.96. The van der Waals surface area contributed by atoms with Crippen molar-refractivity contribution in [1.29, 1.82) is 0 Å². The summed E-state index contributed by atoms with van der Waals surface area (Å²) in [6.07, 6.45) is 0. The monoisotopic (exact) mass is 446 g/mol. The van der Waals surface area contributed by atoms with E-state index in [1.165, 1.54) is 14.9 Å². The van der Waals surface area contributed by atoms with Crippen LogP contribution in [-0.4, -0.2) is 0 Å². The molecule has 84 valence electrons. The van der Waals surface area contributed by atoms with Crippen molar-refractivity contribution in [3.05, 3.63) is 53.2 Å². The number of halogens is 4. The van der Waals surface area contributed by atoms with Gasteiger partial charge in [-0.3, -0.25) is 0 Å². The molecule has 1 heterocycles. The van der Waals surface area contributed by atoms with Crippen molar-refractivity contribution < 1.29 is 0 Å². The van der Waals surface area contributed by atoms with Crippen molar-refractivity contribution >= 4 is 73.1 Å². The Morgan fingerprint density at radius 1 is 1.25 bits per heavy atom. The zero-order valence-corrected chi connectivity index (χ0v) is 14.0. The molecule has 0 N–H and O–H groups in total. The van der Waals surface area contributed by atoms with Gasteiger partial charge in [-0.1, -0.05) is 27.5 Å². The van der Waals surface area contributed by atoms with Crippen LogP contribution in [0, 0.1) is 3.57 Å². The number of alkyl halides is 1. The summed E-state index contributed by atoms with van der Waals surface area (Å²) in [7, 11) is 0. The molecule has 0 bridgehead atoms. The molecule has 2 rings (SSSR count). The molecule has 1 aromatic carbocycles. The Morgan fingerprint density at radius 2 is 2.00 bits per heavy atom. The first-order valence-electron chi connectivity index (χ1n) is 4.42. The van der Waals surface area contributed by atoms with E-state index in [1.807, 2.05) is 24.3 Å². The molecule has 1 aromatic heterocycles. The fraction of sp³-hybridized carbons (Fsp3) is 0.0909. The molecule has 0 aliphatic carbocycles. The van der Waals surface area contributed by atoms with Gasteiger partial charge in [-0.05, 0) is 58.5 Å². The molecule has 1 unspecified atom stereocenters. The highest BCUT2D eigenvalue weighted by Crippen LogP contribution is 2.38. The Morgan fingerprint density at radius 3 is 2.62 bits per heavy atom. The molecule has 0 aliphatic rings. The smallest absolute Gasteiger partial charge is 0.0939 e. The van der Waals surface area contributed by atoms with Gasteiger partial charge in [0.25, 0.3) is 0 Å². The Kier molecular flexibility index (Phi) is 4.58. The van der Waals surface area contributed by atoms with Crippen molar-refractivity contribution in [3.63, 3.8) is 0 Å². The lowest BCUT2D eigenvalue weighted by molar-refractivity contribution is 1.16. The van der Waals surface area contributed by atoms with Crippen LogP contribution in [0.25, 0.3) is 0 Å². The summed E-state index contributed by atoms with van der Waals surface area (Å²) in [5.74, 6) is 0. The molecule has 0 aliphatic heterocycles. The minimum Gasteiger partial charge on any atom is -0.127 e. The van der Waals surface area contributed by atoms with Crippen molar-refractivity contribution in [2.24, 2.45) is 0 Å². The van der Waals surface area contributed by atoms with Gasteiger partial charge in [0.05, 0.1) is 9.71 Å². The first-order chi connectivity index (χ1) is 7.58. The molecular formula is C11H6BrCl2IS. The minimum absolute atomic E-state index is 0.151. The zero-order chi connectivity index (χ0) is 11.7. The molecule has 0 saturated carbocycles. The molecule has 2 aromatic rings. The second-order valence-corrected chi connectivity index (χ2v) is 7.45. The molecule has 0 saturated heterocycles. The number of benzene rings is 1. The first-order valence-corrected chi connectivity index (χ1v) is 7.92. The van der Waals surface area contributed by atoms with Crippen LogP contribution in [0.4, 0.5) is 0 Å². The van der Waals surface area contributed by atoms with E-state index in [1.54, 1.807) is 0 Å². The maximum Gasteiger partial charge on any atom is 0.0939 e. The second-order valence-electron chi connectivity index (χ2n) is 3.17. The van der Waals surface area contributed by atoms with E-state index in [0.29, 0.717) is 0 Å². The van der Waals surface area contributed by atoms with Gasteiger partial charge in [0, 0.05) is 12.9 Å². The van der Waals surface area contributed by atoms with E-state index in [4.69, 9.17) is 23.2 Å². The lowest BCUT2D eigenvalue weighted by Crippen LogP contribution is -1.92. The van der Waals surface area contributed by atoms with Gasteiger partial charge in [-0.15, -0.1) is 22.9 Å². The van der Waals surface area contributed by atoms with Crippen LogP contribution in [0.2, 0.25) is 4.34 Å². The molecule has 0 amide bonds. The maximum atomic E-state index is 6.44. The van der Waals surface area contributed by atoms with E-state index < -0.39 is 0 Å². The fourth-order valence-electron chi connectivity index (χ4n) is 1.33. The summed E-state index contributed by atoms with van der Waals surface area (Å²) >= 11 is 19.7. The highest BCUT2D eigenvalue weighted by atomic mass is 127. The summed E-state index contributed by atoms with van der Waals surface area (Å²) in [6.45, 7) is 0. The topological polar surface area (TPSA) is 0 Å². The second kappa shape index (κ2) is 5.57. The van der Waals surface area contributed by atoms with Crippen molar-refractivity contribution in [1.82, 2.24) is 0 Å². The fourth-order valence-corrected chi connectivity index (χ4v) is 3.89. The molecule has 0 radical (unpaired) electrons. The SMILES string of the molecule is Clc1ccc(C(Cl)c2cc(I)ccc2Br)s1. The molecule has 0 spiro atoms. The standard InChI is InChI=1S/C11H6BrCl2IS/c12-8-2-1-6(15)5-7(8)11(14)9-3-4-10(13)16-9/h1-5,11H. The van der Waals surface area contributed by atoms with Crippen LogP contribution < -0.4 is 0 Å². The third kappa shape index (κ3) is 2.93. The van der Waals surface area contributed by atoms with Crippen molar-refractivity contribution in [3.8, 4) is 0 Å². The largest absolute Gasteiger partial charge is 0.127 e. The molecule has 0 fully saturated rings. The Bertz CT molecular complexity index is 512. The quantitative estimate of drug-likeness (QED) is 0.385. The van der Waals surface area contributed by atoms with Crippen molar-refractivity contribution in [2.75, 3.05) is 0 Å². The van der Waals surface area contributed by atoms with Gasteiger partial charge in [-0.2, -0.15) is 0 Å². The Balaban J connectivity index is 2.40. The number of hydrogen-bond donors (Lipinski definition) is 0. The lowest BCUT2D eigenvalue weighted by atomic mass is 10.1. The summed E-state index contributed by atoms with van der Waals surface area (Å²) in [5.41, 5.74) is 1.08. The highest BCUT2D eigenvalue weighted by Gasteiger charge is 2.16. The molecular weight excluding hydrogens is 442 g/mol. The van der Waals surface area contributed by atoms with Crippen LogP contribution >= 0.6 is 73.1 Å². The van der Waals surface area contributed by atoms with E-state index in [-0.39, 0.29) is 5.38 Å². The van der Waals surface area contributed by atoms with Crippen LogP contribution in [0.1, 0.15) is 15.8 Å². The predicted octanol–water partition coefficient (Wildman–Crippen LogP) is 6.10. The van der Waals surface area contributed by atoms with Crippen LogP contribution in [0.3, 0.4) is 0 Å². The van der Waals surface area contributed by atoms with Gasteiger partial charge in [0.1, 0.15) is 0 Å². The number of thiophene rings is 1. The average Bonchev–Trinajstić information content (AvgIpc) is 2.67. The summed E-state index contributed by atoms with van der Waals surface area (Å²) in [5, 5.41) is -0.151. The van der Waals surface area contributed by atoms with E-state index in [0.717, 1.165) is 19.2 Å². The van der Waals surface area contributed by atoms with Crippen LogP contribution in [0.5, 0.6) is 0 Å². The van der Waals surface area contributed by atoms with E-state index in [2.05, 4.69) is 44.6 Å². The third-order valence-corrected chi connectivity index (χ3v) is 5.36. The third-order valence-electron chi connectivity index (χ3n) is 2.07. The van der Waals surface area contributed by atoms with E-state index >= 15 is 0 Å². The number of hydrogen-bond acceptors (Lipinski definition) is 1. The molecule has 1 atom stereocenters. The Hall–Kier alpha value is 0.710. The van der Waals surface area contributed by atoms with Gasteiger partial charge in [0.15, 0.2) is 0 Å². The van der Waals surface area contributed by atoms with Gasteiger partial charge in [-0.25, -0.2) is 0 Å². The molecule has 16 heavy (non-hydrogen) atoms. The van der Waals surface area contributed by atoms with E-state index in [9.17, 15) is 0 Å². The first kappa shape index (κ1) is 13.1. The maximum absolute atomic E-state index is 6.44. The molecule has 5 heteroatoms. The normalized spacial score (nSPS) is 12.8. The lowest BCUT2D eigenvalue weighted by Gasteiger charge is -2.10. The zero-order valence-electron chi connectivity index (χ0n) is 7.88. The van der Waals surface area contributed by atoms with Crippen molar-refractivity contribution in [2.45, 2.75) is 5.38 Å². The molecule has 0 nitrogen and oxygen atoms in total. The minimum atomic E-state index is -0.151. The predicted molar refractivity (Wildman–Crippen MR) is 83.9 cm³/mol. The van der Waals surface area contributed by atoms with Crippen LogP contribution in [0.15, 0.2) is 34.8 Å². The number of rotatable bonds is 2. The average molecular weight is 448 g/mol. The summed E-state index contributed by atoms with van der Waals surface area (Å²) in [4.78, 5) is 1.06. The van der Waals surface area contributed by atoms with Gasteiger partial charge >= 0.3 is 0 Å². The van der Waals surface area contributed by atoms with Crippen LogP contribution in [-0.2, 0) is 0 Å².